The highest BCUT2D eigenvalue weighted by Gasteiger charge is 2.23. The van der Waals surface area contributed by atoms with Gasteiger partial charge in [-0.2, -0.15) is 9.97 Å². The molecule has 11 aromatic carbocycles. The predicted molar refractivity (Wildman–Crippen MR) is 327 cm³/mol. The van der Waals surface area contributed by atoms with Crippen molar-refractivity contribution in [3.8, 4) is 67.8 Å². The fraction of sp³-hybridized carbons (Fsp3) is 0.0282. The van der Waals surface area contributed by atoms with Gasteiger partial charge in [-0.05, 0) is 107 Å². The van der Waals surface area contributed by atoms with Gasteiger partial charge in [0.05, 0.1) is 22.1 Å². The highest BCUT2D eigenvalue weighted by atomic mass is 32.1. The Morgan fingerprint density at radius 2 is 0.872 bits per heavy atom. The van der Waals surface area contributed by atoms with Crippen LogP contribution < -0.4 is 0 Å². The molecular formula is C71H47N5OS. The number of thiophene rings is 1. The maximum Gasteiger partial charge on any atom is 0.238 e. The van der Waals surface area contributed by atoms with Crippen molar-refractivity contribution in [2.75, 3.05) is 0 Å². The molecule has 0 spiro atoms. The molecule has 16 aromatic rings. The molecule has 0 aliphatic rings. The van der Waals surface area contributed by atoms with Crippen molar-refractivity contribution in [2.24, 2.45) is 0 Å². The number of hydrogen-bond acceptors (Lipinski definition) is 5. The Morgan fingerprint density at radius 1 is 0.321 bits per heavy atom. The van der Waals surface area contributed by atoms with E-state index in [1.165, 1.54) is 42.1 Å². The molecule has 6 nitrogen and oxygen atoms in total. The lowest BCUT2D eigenvalue weighted by atomic mass is 9.95. The number of rotatable bonds is 7. The molecule has 0 N–H and O–H groups in total. The van der Waals surface area contributed by atoms with E-state index in [4.69, 9.17) is 19.4 Å². The molecule has 0 amide bonds. The highest BCUT2D eigenvalue weighted by molar-refractivity contribution is 7.25. The molecule has 16 rings (SSSR count). The smallest absolute Gasteiger partial charge is 0.238 e. The van der Waals surface area contributed by atoms with Gasteiger partial charge < -0.3 is 8.98 Å². The first kappa shape index (κ1) is 45.4. The fourth-order valence-electron chi connectivity index (χ4n) is 11.7. The van der Waals surface area contributed by atoms with E-state index in [1.54, 1.807) is 0 Å². The third kappa shape index (κ3) is 7.35. The number of nitrogens with zero attached hydrogens (tertiary/aromatic N) is 5. The van der Waals surface area contributed by atoms with Crippen LogP contribution in [-0.4, -0.2) is 24.1 Å². The Hall–Kier alpha value is -9.95. The molecule has 0 bridgehead atoms. The number of hydrogen-bond donors (Lipinski definition) is 0. The van der Waals surface area contributed by atoms with Gasteiger partial charge in [0.25, 0.3) is 0 Å². The summed E-state index contributed by atoms with van der Waals surface area (Å²) in [6.45, 7) is 4.00. The van der Waals surface area contributed by atoms with Crippen molar-refractivity contribution in [1.82, 2.24) is 24.1 Å². The maximum atomic E-state index is 6.43. The molecule has 0 aliphatic heterocycles. The van der Waals surface area contributed by atoms with Gasteiger partial charge in [0.15, 0.2) is 11.6 Å². The zero-order valence-electron chi connectivity index (χ0n) is 42.7. The van der Waals surface area contributed by atoms with Crippen LogP contribution in [0.25, 0.3) is 154 Å². The van der Waals surface area contributed by atoms with E-state index in [1.807, 2.05) is 61.6 Å². The zero-order chi connectivity index (χ0) is 51.8. The van der Waals surface area contributed by atoms with Gasteiger partial charge in [-0.15, -0.1) is 11.3 Å². The molecule has 7 heteroatoms. The predicted octanol–water partition coefficient (Wildman–Crippen LogP) is 19.7. The standard InChI is InChI=1S/C69H41N5OS.C2H6/c1-2-15-42(16-3-1)67-70-68(48-31-34-54-53-23-6-10-29-62(53)75-63(54)40-48)72-69(71-67)74-61-35-33-49(73-59-27-8-4-21-51(59)52-22-5-9-28-60(52)73)41-57(61)56-26-14-25-50(66(56)74)47-20-13-19-45(38-47)43-17-12-18-44(37-43)46-32-36-65-58(39-46)55-24-7-11-30-64(55)76-65;1-2/h1-41H;1-2H3. The van der Waals surface area contributed by atoms with E-state index in [9.17, 15) is 0 Å². The van der Waals surface area contributed by atoms with Crippen LogP contribution >= 0.6 is 11.3 Å². The van der Waals surface area contributed by atoms with Crippen LogP contribution in [0.5, 0.6) is 0 Å². The summed E-state index contributed by atoms with van der Waals surface area (Å²) in [6.07, 6.45) is 0. The van der Waals surface area contributed by atoms with E-state index in [2.05, 4.69) is 221 Å². The highest BCUT2D eigenvalue weighted by Crippen LogP contribution is 2.43. The summed E-state index contributed by atoms with van der Waals surface area (Å²) in [4.78, 5) is 16.1. The molecule has 0 aliphatic carbocycles. The van der Waals surface area contributed by atoms with Gasteiger partial charge in [-0.1, -0.05) is 184 Å². The van der Waals surface area contributed by atoms with Crippen LogP contribution in [0.15, 0.2) is 253 Å². The summed E-state index contributed by atoms with van der Waals surface area (Å²) < 4.78 is 13.7. The molecule has 5 aromatic heterocycles. The van der Waals surface area contributed by atoms with Crippen molar-refractivity contribution in [1.29, 1.82) is 0 Å². The third-order valence-corrected chi connectivity index (χ3v) is 16.3. The molecule has 78 heavy (non-hydrogen) atoms. The summed E-state index contributed by atoms with van der Waals surface area (Å²) in [7, 11) is 0. The van der Waals surface area contributed by atoms with Crippen molar-refractivity contribution >= 4 is 97.1 Å². The van der Waals surface area contributed by atoms with E-state index in [0.717, 1.165) is 93.8 Å². The Balaban J connectivity index is 0.00000262. The van der Waals surface area contributed by atoms with Crippen molar-refractivity contribution in [3.05, 3.63) is 249 Å². The molecule has 0 unspecified atom stereocenters. The largest absolute Gasteiger partial charge is 0.456 e. The van der Waals surface area contributed by atoms with E-state index in [0.29, 0.717) is 17.6 Å². The number of aromatic nitrogens is 5. The summed E-state index contributed by atoms with van der Waals surface area (Å²) in [5.74, 6) is 1.64. The van der Waals surface area contributed by atoms with Gasteiger partial charge in [-0.3, -0.25) is 4.57 Å². The molecule has 0 radical (unpaired) electrons. The summed E-state index contributed by atoms with van der Waals surface area (Å²) >= 11 is 1.85. The normalized spacial score (nSPS) is 11.7. The first-order valence-electron chi connectivity index (χ1n) is 26.6. The van der Waals surface area contributed by atoms with Crippen LogP contribution in [-0.2, 0) is 0 Å². The monoisotopic (exact) mass is 1020 g/mol. The summed E-state index contributed by atoms with van der Waals surface area (Å²) in [5.41, 5.74) is 15.5. The van der Waals surface area contributed by atoms with E-state index >= 15 is 0 Å². The minimum Gasteiger partial charge on any atom is -0.456 e. The Bertz CT molecular complexity index is 4970. The summed E-state index contributed by atoms with van der Waals surface area (Å²) in [5, 5.41) is 9.33. The van der Waals surface area contributed by atoms with Gasteiger partial charge in [0.2, 0.25) is 5.95 Å². The Kier molecular flexibility index (Phi) is 10.7. The lowest BCUT2D eigenvalue weighted by Crippen LogP contribution is -2.07. The summed E-state index contributed by atoms with van der Waals surface area (Å²) in [6, 6.07) is 88.9. The fourth-order valence-corrected chi connectivity index (χ4v) is 12.7. The van der Waals surface area contributed by atoms with Crippen LogP contribution in [0.2, 0.25) is 0 Å². The minimum absolute atomic E-state index is 0.518. The molecule has 5 heterocycles. The lowest BCUT2D eigenvalue weighted by molar-refractivity contribution is 0.669. The molecule has 0 saturated heterocycles. The first-order chi connectivity index (χ1) is 38.6. The van der Waals surface area contributed by atoms with Crippen LogP contribution in [0.4, 0.5) is 0 Å². The van der Waals surface area contributed by atoms with E-state index < -0.39 is 0 Å². The number of furan rings is 1. The maximum absolute atomic E-state index is 6.43. The van der Waals surface area contributed by atoms with Crippen LogP contribution in [0.1, 0.15) is 13.8 Å². The topological polar surface area (TPSA) is 61.7 Å². The van der Waals surface area contributed by atoms with Crippen LogP contribution in [0.3, 0.4) is 0 Å². The third-order valence-electron chi connectivity index (χ3n) is 15.2. The molecule has 0 atom stereocenters. The van der Waals surface area contributed by atoms with Crippen LogP contribution in [0, 0.1) is 0 Å². The average Bonchev–Trinajstić information content (AvgIpc) is 4.47. The second-order valence-corrected chi connectivity index (χ2v) is 20.6. The molecule has 0 saturated carbocycles. The SMILES string of the molecule is CC.c1ccc(-c2nc(-c3ccc4c(c3)oc3ccccc34)nc(-n3c4ccc(-n5c6ccccc6c6ccccc65)cc4c4cccc(-c5cccc(-c6cccc(-c7ccc8sc9ccccc9c8c7)c6)c5)c43)n2)cc1. The minimum atomic E-state index is 0.518. The van der Waals surface area contributed by atoms with Crippen molar-refractivity contribution in [2.45, 2.75) is 13.8 Å². The molecule has 368 valence electrons. The molecular weight excluding hydrogens is 971 g/mol. The number of benzene rings is 11. The average molecular weight is 1020 g/mol. The van der Waals surface area contributed by atoms with E-state index in [-0.39, 0.29) is 0 Å². The van der Waals surface area contributed by atoms with Crippen molar-refractivity contribution < 1.29 is 4.42 Å². The Morgan fingerprint density at radius 3 is 1.64 bits per heavy atom. The van der Waals surface area contributed by atoms with Gasteiger partial charge >= 0.3 is 0 Å². The Labute approximate surface area is 453 Å². The van der Waals surface area contributed by atoms with Gasteiger partial charge in [-0.25, -0.2) is 4.98 Å². The quantitative estimate of drug-likeness (QED) is 0.160. The number of para-hydroxylation sites is 4. The second kappa shape index (κ2) is 18.4. The van der Waals surface area contributed by atoms with Gasteiger partial charge in [0.1, 0.15) is 11.2 Å². The second-order valence-electron chi connectivity index (χ2n) is 19.5. The number of fused-ring (bicyclic) bond motifs is 12. The zero-order valence-corrected chi connectivity index (χ0v) is 43.5. The lowest BCUT2D eigenvalue weighted by Gasteiger charge is -2.14. The van der Waals surface area contributed by atoms with Gasteiger partial charge in [0, 0.05) is 74.9 Å². The molecule has 0 fully saturated rings. The first-order valence-corrected chi connectivity index (χ1v) is 27.4. The van der Waals surface area contributed by atoms with Crippen molar-refractivity contribution in [3.63, 3.8) is 0 Å².